The molecule has 3 aromatic rings. The minimum atomic E-state index is -4.76. The van der Waals surface area contributed by atoms with Crippen LogP contribution in [-0.2, 0) is 6.54 Å². The molecule has 1 aromatic heterocycles. The molecule has 0 saturated heterocycles. The van der Waals surface area contributed by atoms with Crippen molar-refractivity contribution in [1.29, 1.82) is 0 Å². The van der Waals surface area contributed by atoms with Crippen LogP contribution in [0.3, 0.4) is 0 Å². The molecule has 0 amide bonds. The predicted molar refractivity (Wildman–Crippen MR) is 88.9 cm³/mol. The van der Waals surface area contributed by atoms with Gasteiger partial charge in [0.1, 0.15) is 17.4 Å². The molecule has 3 rings (SSSR count). The highest BCUT2D eigenvalue weighted by molar-refractivity contribution is 5.77. The number of fused-ring (bicyclic) bond motifs is 1. The number of hydrogen-bond acceptors (Lipinski definition) is 3. The average molecular weight is 349 g/mol. The number of likely N-dealkylation sites (N-methyl/N-ethyl adjacent to an activating group) is 1. The van der Waals surface area contributed by atoms with Crippen LogP contribution in [-0.4, -0.2) is 29.3 Å². The Morgan fingerprint density at radius 1 is 1.04 bits per heavy atom. The summed E-state index contributed by atoms with van der Waals surface area (Å²) < 4.78 is 45.3. The van der Waals surface area contributed by atoms with Crippen molar-refractivity contribution in [2.24, 2.45) is 0 Å². The van der Waals surface area contributed by atoms with Crippen LogP contribution in [0.5, 0.6) is 0 Å². The molecule has 0 unspecified atom stereocenters. The fourth-order valence-corrected chi connectivity index (χ4v) is 2.91. The number of hydrogen-bond donors (Lipinski definition) is 1. The van der Waals surface area contributed by atoms with Crippen molar-refractivity contribution in [3.63, 3.8) is 0 Å². The monoisotopic (exact) mass is 349 g/mol. The minimum absolute atomic E-state index is 0.0875. The largest absolute Gasteiger partial charge is 0.459 e. The van der Waals surface area contributed by atoms with Crippen molar-refractivity contribution in [1.82, 2.24) is 4.90 Å². The van der Waals surface area contributed by atoms with E-state index in [0.29, 0.717) is 11.0 Å². The Labute approximate surface area is 143 Å². The molecule has 0 aliphatic rings. The number of para-hydroxylation sites is 1. The lowest BCUT2D eigenvalue weighted by atomic mass is 10.0. The Morgan fingerprint density at radius 3 is 2.32 bits per heavy atom. The van der Waals surface area contributed by atoms with E-state index in [2.05, 4.69) is 0 Å². The van der Waals surface area contributed by atoms with Gasteiger partial charge in [-0.3, -0.25) is 4.90 Å². The maximum atomic E-state index is 13.2. The summed E-state index contributed by atoms with van der Waals surface area (Å²) in [6.45, 7) is 0.246. The lowest BCUT2D eigenvalue weighted by molar-refractivity contribution is -0.224. The van der Waals surface area contributed by atoms with E-state index in [9.17, 15) is 18.3 Å². The van der Waals surface area contributed by atoms with Gasteiger partial charge in [0.25, 0.3) is 0 Å². The first kappa shape index (κ1) is 17.5. The lowest BCUT2D eigenvalue weighted by Crippen LogP contribution is -2.42. The first-order valence-corrected chi connectivity index (χ1v) is 7.83. The van der Waals surface area contributed by atoms with Gasteiger partial charge >= 0.3 is 6.18 Å². The van der Waals surface area contributed by atoms with Crippen molar-refractivity contribution >= 4 is 11.0 Å². The van der Waals surface area contributed by atoms with Gasteiger partial charge in [-0.25, -0.2) is 0 Å². The number of furan rings is 1. The normalized spacial score (nSPS) is 14.8. The van der Waals surface area contributed by atoms with Crippen LogP contribution in [0, 0.1) is 0 Å². The summed E-state index contributed by atoms with van der Waals surface area (Å²) in [6.07, 6.45) is -7.31. The van der Waals surface area contributed by atoms with Gasteiger partial charge in [0, 0.05) is 11.9 Å². The van der Waals surface area contributed by atoms with Crippen LogP contribution in [0.1, 0.15) is 17.4 Å². The van der Waals surface area contributed by atoms with Crippen LogP contribution in [0.4, 0.5) is 13.2 Å². The number of nitrogens with zero attached hydrogens (tertiary/aromatic N) is 1. The molecule has 2 aromatic carbocycles. The van der Waals surface area contributed by atoms with Gasteiger partial charge in [-0.2, -0.15) is 13.2 Å². The molecule has 0 radical (unpaired) electrons. The van der Waals surface area contributed by atoms with Crippen LogP contribution >= 0.6 is 0 Å². The molecule has 0 fully saturated rings. The zero-order chi connectivity index (χ0) is 18.0. The molecular weight excluding hydrogens is 331 g/mol. The van der Waals surface area contributed by atoms with Gasteiger partial charge in [0.05, 0.1) is 0 Å². The van der Waals surface area contributed by atoms with Gasteiger partial charge in [-0.1, -0.05) is 48.5 Å². The molecule has 1 N–H and O–H groups in total. The topological polar surface area (TPSA) is 36.6 Å². The molecule has 2 atom stereocenters. The molecule has 25 heavy (non-hydrogen) atoms. The Hall–Kier alpha value is -2.31. The number of benzene rings is 2. The summed E-state index contributed by atoms with van der Waals surface area (Å²) in [6, 6.07) is 16.3. The SMILES string of the molecule is CN(Cc1ccccc1)[C@@H](c1cc2ccccc2o1)[C@H](O)C(F)(F)F. The Balaban J connectivity index is 1.97. The molecule has 0 bridgehead atoms. The molecule has 0 spiro atoms. The smallest absolute Gasteiger partial charge is 0.416 e. The summed E-state index contributed by atoms with van der Waals surface area (Å²) in [5.41, 5.74) is 1.34. The number of aliphatic hydroxyl groups excluding tert-OH is 1. The fourth-order valence-electron chi connectivity index (χ4n) is 2.91. The average Bonchev–Trinajstić information content (AvgIpc) is 2.98. The number of alkyl halides is 3. The van der Waals surface area contributed by atoms with Gasteiger partial charge in [-0.15, -0.1) is 0 Å². The van der Waals surface area contributed by atoms with E-state index >= 15 is 0 Å². The molecule has 0 aliphatic carbocycles. The van der Waals surface area contributed by atoms with Crippen molar-refractivity contribution in [3.8, 4) is 0 Å². The maximum absolute atomic E-state index is 13.2. The van der Waals surface area contributed by atoms with Gasteiger partial charge in [0.2, 0.25) is 0 Å². The van der Waals surface area contributed by atoms with Gasteiger partial charge in [0.15, 0.2) is 6.10 Å². The molecule has 132 valence electrons. The predicted octanol–water partition coefficient (Wildman–Crippen LogP) is 4.53. The highest BCUT2D eigenvalue weighted by atomic mass is 19.4. The van der Waals surface area contributed by atoms with E-state index in [-0.39, 0.29) is 12.3 Å². The molecule has 0 aliphatic heterocycles. The first-order chi connectivity index (χ1) is 11.9. The van der Waals surface area contributed by atoms with E-state index < -0.39 is 18.3 Å². The van der Waals surface area contributed by atoms with Crippen LogP contribution in [0.15, 0.2) is 65.1 Å². The molecular formula is C19H18F3NO2. The van der Waals surface area contributed by atoms with Gasteiger partial charge in [-0.05, 0) is 24.7 Å². The minimum Gasteiger partial charge on any atom is -0.459 e. The lowest BCUT2D eigenvalue weighted by Gasteiger charge is -2.31. The molecule has 3 nitrogen and oxygen atoms in total. The maximum Gasteiger partial charge on any atom is 0.416 e. The Bertz CT molecular complexity index is 796. The third-order valence-electron chi connectivity index (χ3n) is 4.12. The molecule has 0 saturated carbocycles. The summed E-state index contributed by atoms with van der Waals surface area (Å²) in [4.78, 5) is 1.45. The van der Waals surface area contributed by atoms with E-state index in [1.807, 2.05) is 30.3 Å². The number of rotatable bonds is 5. The van der Waals surface area contributed by atoms with E-state index in [0.717, 1.165) is 5.56 Å². The zero-order valence-electron chi connectivity index (χ0n) is 13.6. The molecule has 1 heterocycles. The highest BCUT2D eigenvalue weighted by Gasteiger charge is 2.47. The van der Waals surface area contributed by atoms with Crippen molar-refractivity contribution in [3.05, 3.63) is 72.0 Å². The van der Waals surface area contributed by atoms with Crippen molar-refractivity contribution < 1.29 is 22.7 Å². The van der Waals surface area contributed by atoms with E-state index in [4.69, 9.17) is 4.42 Å². The second kappa shape index (κ2) is 6.90. The summed E-state index contributed by atoms with van der Waals surface area (Å²) in [7, 11) is 1.54. The standard InChI is InChI=1S/C19H18F3NO2/c1-23(12-13-7-3-2-4-8-13)17(18(24)19(20,21)22)16-11-14-9-5-6-10-15(14)25-16/h2-11,17-18,24H,12H2,1H3/t17-,18-/m0/s1. The third-order valence-corrected chi connectivity index (χ3v) is 4.12. The summed E-state index contributed by atoms with van der Waals surface area (Å²) in [5, 5.41) is 10.6. The Kier molecular flexibility index (Phi) is 4.83. The fraction of sp³-hybridized carbons (Fsp3) is 0.263. The quantitative estimate of drug-likeness (QED) is 0.735. The zero-order valence-corrected chi connectivity index (χ0v) is 13.6. The van der Waals surface area contributed by atoms with E-state index in [1.165, 1.54) is 4.90 Å². The van der Waals surface area contributed by atoms with Gasteiger partial charge < -0.3 is 9.52 Å². The van der Waals surface area contributed by atoms with Crippen LogP contribution in [0.25, 0.3) is 11.0 Å². The molecule has 6 heteroatoms. The second-order valence-corrected chi connectivity index (χ2v) is 6.02. The highest BCUT2D eigenvalue weighted by Crippen LogP contribution is 2.36. The number of halogens is 3. The van der Waals surface area contributed by atoms with Crippen LogP contribution < -0.4 is 0 Å². The van der Waals surface area contributed by atoms with E-state index in [1.54, 1.807) is 37.4 Å². The first-order valence-electron chi connectivity index (χ1n) is 7.83. The Morgan fingerprint density at radius 2 is 1.68 bits per heavy atom. The van der Waals surface area contributed by atoms with Crippen molar-refractivity contribution in [2.45, 2.75) is 24.9 Å². The van der Waals surface area contributed by atoms with Crippen LogP contribution in [0.2, 0.25) is 0 Å². The van der Waals surface area contributed by atoms with Crippen molar-refractivity contribution in [2.75, 3.05) is 7.05 Å². The summed E-state index contributed by atoms with van der Waals surface area (Å²) >= 11 is 0. The second-order valence-electron chi connectivity index (χ2n) is 6.02. The number of aliphatic hydroxyl groups is 1. The third kappa shape index (κ3) is 3.86. The summed E-state index contributed by atoms with van der Waals surface area (Å²) in [5.74, 6) is 0.0875.